The van der Waals surface area contributed by atoms with Crippen LogP contribution in [0.4, 0.5) is 0 Å². The van der Waals surface area contributed by atoms with E-state index in [4.69, 9.17) is 9.47 Å². The lowest BCUT2D eigenvalue weighted by Crippen LogP contribution is -2.48. The first-order valence-corrected chi connectivity index (χ1v) is 9.40. The van der Waals surface area contributed by atoms with Gasteiger partial charge < -0.3 is 9.47 Å². The molecular weight excluding hydrogens is 314 g/mol. The van der Waals surface area contributed by atoms with Crippen molar-refractivity contribution >= 4 is 5.97 Å². The number of hydrogen-bond donors (Lipinski definition) is 0. The number of carbonyl (C=O) groups is 1. The average Bonchev–Trinajstić information content (AvgIpc) is 2.66. The smallest absolute Gasteiger partial charge is 0.384 e. The molecule has 4 nitrogen and oxygen atoms in total. The molecule has 1 aliphatic carbocycles. The minimum atomic E-state index is -0.491. The summed E-state index contributed by atoms with van der Waals surface area (Å²) in [7, 11) is 0. The molecule has 0 unspecified atom stereocenters. The monoisotopic (exact) mass is 341 g/mol. The first-order chi connectivity index (χ1) is 12.2. The molecule has 0 spiro atoms. The van der Waals surface area contributed by atoms with Gasteiger partial charge in [-0.3, -0.25) is 4.90 Å². The molecule has 4 rings (SSSR count). The molecule has 3 fully saturated rings. The van der Waals surface area contributed by atoms with Gasteiger partial charge in [0.2, 0.25) is 0 Å². The van der Waals surface area contributed by atoms with Crippen molar-refractivity contribution in [1.29, 1.82) is 0 Å². The fourth-order valence-corrected chi connectivity index (χ4v) is 3.83. The van der Waals surface area contributed by atoms with E-state index in [1.807, 2.05) is 24.3 Å². The Balaban J connectivity index is 1.38. The lowest BCUT2D eigenvalue weighted by Gasteiger charge is -2.45. The van der Waals surface area contributed by atoms with Crippen LogP contribution in [0.5, 0.6) is 5.75 Å². The molecule has 3 aliphatic rings. The third kappa shape index (κ3) is 5.24. The fraction of sp³-hybridized carbons (Fsp3) is 0.571. The molecule has 0 radical (unpaired) electrons. The van der Waals surface area contributed by atoms with Gasteiger partial charge in [-0.05, 0) is 69.2 Å². The van der Waals surface area contributed by atoms with Gasteiger partial charge in [0.15, 0.2) is 0 Å². The predicted octanol–water partition coefficient (Wildman–Crippen LogP) is 3.24. The van der Waals surface area contributed by atoms with Crippen LogP contribution in [0.25, 0.3) is 0 Å². The molecule has 0 aromatic heterocycles. The highest BCUT2D eigenvalue weighted by Crippen LogP contribution is 2.34. The summed E-state index contributed by atoms with van der Waals surface area (Å²) in [4.78, 5) is 13.9. The number of rotatable bonds is 6. The maximum Gasteiger partial charge on any atom is 0.384 e. The second-order valence-corrected chi connectivity index (χ2v) is 6.87. The van der Waals surface area contributed by atoms with Crippen LogP contribution in [0.3, 0.4) is 0 Å². The summed E-state index contributed by atoms with van der Waals surface area (Å²) in [5.74, 6) is 6.56. The summed E-state index contributed by atoms with van der Waals surface area (Å²) in [5, 5.41) is 0. The van der Waals surface area contributed by atoms with Gasteiger partial charge in [-0.25, -0.2) is 4.79 Å². The highest BCUT2D eigenvalue weighted by Gasteiger charge is 2.32. The molecule has 2 aliphatic heterocycles. The standard InChI is InChI=1S/C21H27NO3/c1-2-24-21(23)13-8-17-6-11-20(12-7-17)25-15-3-14-22-16-18-4-9-19(22)10-5-18/h6-7,11-12,18-19H,2-5,9-10,14-16H2,1H3. The van der Waals surface area contributed by atoms with E-state index < -0.39 is 5.97 Å². The van der Waals surface area contributed by atoms with E-state index in [1.54, 1.807) is 6.92 Å². The lowest BCUT2D eigenvalue weighted by molar-refractivity contribution is -0.136. The first kappa shape index (κ1) is 17.8. The molecule has 1 aromatic rings. The molecule has 0 amide bonds. The molecule has 0 atom stereocenters. The molecule has 25 heavy (non-hydrogen) atoms. The Labute approximate surface area is 150 Å². The Bertz CT molecular complexity index is 621. The molecule has 4 heteroatoms. The zero-order valence-corrected chi connectivity index (χ0v) is 15.0. The number of fused-ring (bicyclic) bond motifs is 3. The number of nitrogens with zero attached hydrogens (tertiary/aromatic N) is 1. The quantitative estimate of drug-likeness (QED) is 0.452. The molecule has 134 valence electrons. The number of hydrogen-bond acceptors (Lipinski definition) is 4. The summed E-state index contributed by atoms with van der Waals surface area (Å²) < 4.78 is 10.6. The van der Waals surface area contributed by atoms with Gasteiger partial charge in [0, 0.05) is 30.6 Å². The second-order valence-electron chi connectivity index (χ2n) is 6.87. The van der Waals surface area contributed by atoms with Gasteiger partial charge in [-0.1, -0.05) is 5.92 Å². The van der Waals surface area contributed by atoms with Crippen molar-refractivity contribution in [3.8, 4) is 17.6 Å². The number of carbonyl (C=O) groups excluding carboxylic acids is 1. The van der Waals surface area contributed by atoms with E-state index in [1.165, 1.54) is 32.2 Å². The number of piperidine rings is 2. The molecular formula is C21H27NO3. The van der Waals surface area contributed by atoms with Gasteiger partial charge in [-0.15, -0.1) is 0 Å². The Morgan fingerprint density at radius 3 is 2.60 bits per heavy atom. The van der Waals surface area contributed by atoms with Crippen molar-refractivity contribution in [2.75, 3.05) is 26.3 Å². The highest BCUT2D eigenvalue weighted by atomic mass is 16.5. The maximum atomic E-state index is 11.2. The number of ether oxygens (including phenoxy) is 2. The predicted molar refractivity (Wildman–Crippen MR) is 97.4 cm³/mol. The van der Waals surface area contributed by atoms with Crippen LogP contribution in [0, 0.1) is 17.8 Å². The maximum absolute atomic E-state index is 11.2. The van der Waals surface area contributed by atoms with Gasteiger partial charge in [0.05, 0.1) is 13.2 Å². The second kappa shape index (κ2) is 8.92. The molecule has 2 heterocycles. The summed E-state index contributed by atoms with van der Waals surface area (Å²) in [6.45, 7) is 5.28. The van der Waals surface area contributed by atoms with E-state index in [9.17, 15) is 4.79 Å². The summed E-state index contributed by atoms with van der Waals surface area (Å²) >= 11 is 0. The van der Waals surface area contributed by atoms with E-state index in [0.717, 1.165) is 42.8 Å². The normalized spacial score (nSPS) is 22.1. The van der Waals surface area contributed by atoms with Crippen LogP contribution in [0.15, 0.2) is 24.3 Å². The molecule has 1 aromatic carbocycles. The molecule has 1 saturated carbocycles. The zero-order valence-electron chi connectivity index (χ0n) is 15.0. The van der Waals surface area contributed by atoms with Crippen molar-refractivity contribution in [2.24, 2.45) is 5.92 Å². The molecule has 0 N–H and O–H groups in total. The van der Waals surface area contributed by atoms with Gasteiger partial charge in [-0.2, -0.15) is 0 Å². The summed E-state index contributed by atoms with van der Waals surface area (Å²) in [6, 6.07) is 8.36. The van der Waals surface area contributed by atoms with Crippen LogP contribution in [-0.4, -0.2) is 43.2 Å². The van der Waals surface area contributed by atoms with Gasteiger partial charge in [0.1, 0.15) is 5.75 Å². The van der Waals surface area contributed by atoms with Crippen LogP contribution in [-0.2, 0) is 9.53 Å². The van der Waals surface area contributed by atoms with E-state index in [0.29, 0.717) is 6.61 Å². The Morgan fingerprint density at radius 1 is 1.20 bits per heavy atom. The fourth-order valence-electron chi connectivity index (χ4n) is 3.83. The highest BCUT2D eigenvalue weighted by molar-refractivity contribution is 5.89. The van der Waals surface area contributed by atoms with Crippen molar-refractivity contribution in [3.05, 3.63) is 29.8 Å². The Hall–Kier alpha value is -1.99. The van der Waals surface area contributed by atoms with E-state index in [2.05, 4.69) is 16.7 Å². The minimum Gasteiger partial charge on any atom is -0.494 e. The lowest BCUT2D eigenvalue weighted by atomic mass is 9.80. The van der Waals surface area contributed by atoms with Gasteiger partial charge >= 0.3 is 5.97 Å². The number of benzene rings is 1. The van der Waals surface area contributed by atoms with E-state index in [-0.39, 0.29) is 0 Å². The van der Waals surface area contributed by atoms with Gasteiger partial charge in [0.25, 0.3) is 0 Å². The number of esters is 1. The third-order valence-corrected chi connectivity index (χ3v) is 5.12. The van der Waals surface area contributed by atoms with Crippen LogP contribution in [0.1, 0.15) is 44.6 Å². The van der Waals surface area contributed by atoms with Crippen molar-refractivity contribution in [3.63, 3.8) is 0 Å². The Morgan fingerprint density at radius 2 is 1.96 bits per heavy atom. The van der Waals surface area contributed by atoms with Crippen molar-refractivity contribution in [2.45, 2.75) is 45.1 Å². The summed E-state index contributed by atoms with van der Waals surface area (Å²) in [6.07, 6.45) is 6.71. The topological polar surface area (TPSA) is 38.8 Å². The zero-order chi connectivity index (χ0) is 17.5. The van der Waals surface area contributed by atoms with Crippen LogP contribution in [0.2, 0.25) is 0 Å². The third-order valence-electron chi connectivity index (χ3n) is 5.12. The van der Waals surface area contributed by atoms with Crippen LogP contribution >= 0.6 is 0 Å². The van der Waals surface area contributed by atoms with Crippen LogP contribution < -0.4 is 4.74 Å². The van der Waals surface area contributed by atoms with Crippen molar-refractivity contribution in [1.82, 2.24) is 4.90 Å². The largest absolute Gasteiger partial charge is 0.494 e. The molecule has 2 bridgehead atoms. The SMILES string of the molecule is CCOC(=O)C#Cc1ccc(OCCCN2CC3CCC2CC3)cc1. The summed E-state index contributed by atoms with van der Waals surface area (Å²) in [5.41, 5.74) is 0.782. The average molecular weight is 341 g/mol. The minimum absolute atomic E-state index is 0.346. The Kier molecular flexibility index (Phi) is 6.36. The van der Waals surface area contributed by atoms with Crippen molar-refractivity contribution < 1.29 is 14.3 Å². The van der Waals surface area contributed by atoms with E-state index >= 15 is 0 Å². The first-order valence-electron chi connectivity index (χ1n) is 9.40. The molecule has 2 saturated heterocycles.